The number of thiophene rings is 1. The van der Waals surface area contributed by atoms with E-state index >= 15 is 0 Å². The molecule has 0 radical (unpaired) electrons. The van der Waals surface area contributed by atoms with Crippen LogP contribution in [0.15, 0.2) is 17.5 Å². The molecule has 0 spiro atoms. The number of thiazole rings is 1. The van der Waals surface area contributed by atoms with Crippen molar-refractivity contribution in [3.8, 4) is 9.88 Å². The van der Waals surface area contributed by atoms with E-state index in [1.165, 1.54) is 0 Å². The lowest BCUT2D eigenvalue weighted by atomic mass is 9.92. The number of aryl methyl sites for hydroxylation is 1. The highest BCUT2D eigenvalue weighted by Gasteiger charge is 2.32. The highest BCUT2D eigenvalue weighted by molar-refractivity contribution is 7.22. The Morgan fingerprint density at radius 3 is 2.70 bits per heavy atom. The highest BCUT2D eigenvalue weighted by atomic mass is 32.1. The zero-order valence-corrected chi connectivity index (χ0v) is 14.9. The molecule has 2 aliphatic rings. The van der Waals surface area contributed by atoms with Crippen LogP contribution < -0.4 is 5.32 Å². The molecular formula is C17H21N3OS2. The van der Waals surface area contributed by atoms with Gasteiger partial charge in [0.25, 0.3) is 5.91 Å². The van der Waals surface area contributed by atoms with Gasteiger partial charge >= 0.3 is 0 Å². The number of rotatable bonds is 2. The Kier molecular flexibility index (Phi) is 4.22. The highest BCUT2D eigenvalue weighted by Crippen LogP contribution is 2.33. The van der Waals surface area contributed by atoms with Gasteiger partial charge in [-0.05, 0) is 56.1 Å². The van der Waals surface area contributed by atoms with Crippen LogP contribution in [-0.4, -0.2) is 42.0 Å². The van der Waals surface area contributed by atoms with Crippen molar-refractivity contribution >= 4 is 28.6 Å². The molecule has 2 aromatic rings. The molecule has 0 aromatic carbocycles. The van der Waals surface area contributed by atoms with Crippen molar-refractivity contribution in [3.63, 3.8) is 0 Å². The average Bonchev–Trinajstić information content (AvgIpc) is 3.26. The summed E-state index contributed by atoms with van der Waals surface area (Å²) in [6.07, 6.45) is 2.25. The van der Waals surface area contributed by atoms with Crippen molar-refractivity contribution in [1.29, 1.82) is 0 Å². The third kappa shape index (κ3) is 2.95. The molecule has 23 heavy (non-hydrogen) atoms. The number of carbonyl (C=O) groups excluding carboxylic acids is 1. The number of carbonyl (C=O) groups is 1. The Morgan fingerprint density at radius 1 is 1.30 bits per heavy atom. The lowest BCUT2D eigenvalue weighted by Crippen LogP contribution is -2.32. The summed E-state index contributed by atoms with van der Waals surface area (Å²) in [7, 11) is 0. The Labute approximate surface area is 144 Å². The number of nitrogens with one attached hydrogen (secondary N) is 1. The molecule has 2 atom stereocenters. The van der Waals surface area contributed by atoms with E-state index in [2.05, 4.69) is 26.6 Å². The zero-order valence-electron chi connectivity index (χ0n) is 13.2. The molecule has 0 saturated carbocycles. The number of aromatic nitrogens is 1. The van der Waals surface area contributed by atoms with Crippen LogP contribution in [0.2, 0.25) is 0 Å². The molecule has 2 fully saturated rings. The van der Waals surface area contributed by atoms with Gasteiger partial charge in [0.1, 0.15) is 9.88 Å². The largest absolute Gasteiger partial charge is 0.338 e. The maximum atomic E-state index is 13.0. The minimum atomic E-state index is 0.177. The molecule has 2 saturated heterocycles. The van der Waals surface area contributed by atoms with Crippen LogP contribution in [-0.2, 0) is 0 Å². The summed E-state index contributed by atoms with van der Waals surface area (Å²) in [6.45, 7) is 5.96. The number of nitrogens with zero attached hydrogens (tertiary/aromatic N) is 2. The fourth-order valence-electron chi connectivity index (χ4n) is 3.67. The molecule has 2 aliphatic heterocycles. The van der Waals surface area contributed by atoms with Gasteiger partial charge in [0.15, 0.2) is 0 Å². The molecule has 0 aliphatic carbocycles. The van der Waals surface area contributed by atoms with E-state index < -0.39 is 0 Å². The van der Waals surface area contributed by atoms with E-state index in [-0.39, 0.29) is 5.91 Å². The van der Waals surface area contributed by atoms with Gasteiger partial charge in [-0.3, -0.25) is 4.79 Å². The van der Waals surface area contributed by atoms with Gasteiger partial charge in [0.2, 0.25) is 0 Å². The minimum Gasteiger partial charge on any atom is -0.338 e. The Morgan fingerprint density at radius 2 is 2.04 bits per heavy atom. The normalized spacial score (nSPS) is 24.5. The summed E-state index contributed by atoms with van der Waals surface area (Å²) >= 11 is 3.22. The summed E-state index contributed by atoms with van der Waals surface area (Å²) in [5, 5.41) is 6.51. The van der Waals surface area contributed by atoms with Gasteiger partial charge in [-0.15, -0.1) is 22.7 Å². The van der Waals surface area contributed by atoms with Crippen molar-refractivity contribution in [2.24, 2.45) is 11.8 Å². The number of likely N-dealkylation sites (tertiary alicyclic amines) is 1. The monoisotopic (exact) mass is 347 g/mol. The third-order valence-corrected chi connectivity index (χ3v) is 7.21. The minimum absolute atomic E-state index is 0.177. The second-order valence-electron chi connectivity index (χ2n) is 6.46. The van der Waals surface area contributed by atoms with E-state index in [4.69, 9.17) is 0 Å². The summed E-state index contributed by atoms with van der Waals surface area (Å²) in [5.41, 5.74) is 0.870. The van der Waals surface area contributed by atoms with Crippen molar-refractivity contribution in [2.45, 2.75) is 19.8 Å². The van der Waals surface area contributed by atoms with E-state index in [1.54, 1.807) is 22.7 Å². The first-order valence-corrected chi connectivity index (χ1v) is 9.93. The quantitative estimate of drug-likeness (QED) is 0.907. The van der Waals surface area contributed by atoms with Gasteiger partial charge < -0.3 is 10.2 Å². The van der Waals surface area contributed by atoms with Crippen LogP contribution in [0.3, 0.4) is 0 Å². The molecule has 1 amide bonds. The maximum Gasteiger partial charge on any atom is 0.265 e. The summed E-state index contributed by atoms with van der Waals surface area (Å²) < 4.78 is 0. The van der Waals surface area contributed by atoms with Crippen LogP contribution >= 0.6 is 22.7 Å². The second-order valence-corrected chi connectivity index (χ2v) is 8.41. The Bertz CT molecular complexity index is 681. The number of hydrogen-bond donors (Lipinski definition) is 1. The molecule has 6 heteroatoms. The first-order valence-electron chi connectivity index (χ1n) is 8.23. The fourth-order valence-corrected chi connectivity index (χ4v) is 5.50. The number of hydrogen-bond acceptors (Lipinski definition) is 5. The summed E-state index contributed by atoms with van der Waals surface area (Å²) in [4.78, 5) is 21.6. The molecule has 2 aromatic heterocycles. The van der Waals surface area contributed by atoms with Gasteiger partial charge in [0.05, 0.1) is 10.6 Å². The molecular weight excluding hydrogens is 326 g/mol. The van der Waals surface area contributed by atoms with Crippen molar-refractivity contribution < 1.29 is 4.79 Å². The Hall–Kier alpha value is -1.24. The molecule has 4 heterocycles. The molecule has 122 valence electrons. The molecule has 4 nitrogen and oxygen atoms in total. The van der Waals surface area contributed by atoms with E-state index in [1.807, 2.05) is 13.0 Å². The van der Waals surface area contributed by atoms with Crippen LogP contribution in [0, 0.1) is 18.8 Å². The molecule has 0 unspecified atom stereocenters. The summed E-state index contributed by atoms with van der Waals surface area (Å²) in [6, 6.07) is 4.09. The van der Waals surface area contributed by atoms with Crippen LogP contribution in [0.25, 0.3) is 9.88 Å². The van der Waals surface area contributed by atoms with Gasteiger partial charge in [-0.25, -0.2) is 4.98 Å². The smallest absolute Gasteiger partial charge is 0.265 e. The predicted molar refractivity (Wildman–Crippen MR) is 95.2 cm³/mol. The van der Waals surface area contributed by atoms with Gasteiger partial charge in [-0.2, -0.15) is 0 Å². The van der Waals surface area contributed by atoms with Gasteiger partial charge in [0, 0.05) is 13.1 Å². The first kappa shape index (κ1) is 15.3. The molecule has 0 bridgehead atoms. The van der Waals surface area contributed by atoms with Crippen LogP contribution in [0.1, 0.15) is 28.2 Å². The average molecular weight is 348 g/mol. The lowest BCUT2D eigenvalue weighted by Gasteiger charge is -2.20. The van der Waals surface area contributed by atoms with Crippen molar-refractivity contribution in [3.05, 3.63) is 28.1 Å². The lowest BCUT2D eigenvalue weighted by molar-refractivity contribution is 0.0762. The summed E-state index contributed by atoms with van der Waals surface area (Å²) in [5.74, 6) is 1.67. The maximum absolute atomic E-state index is 13.0. The fraction of sp³-hybridized carbons (Fsp3) is 0.529. The van der Waals surface area contributed by atoms with E-state index in [0.717, 1.165) is 71.3 Å². The van der Waals surface area contributed by atoms with Crippen molar-refractivity contribution in [1.82, 2.24) is 15.2 Å². The Balaban J connectivity index is 1.52. The van der Waals surface area contributed by atoms with Crippen molar-refractivity contribution in [2.75, 3.05) is 26.2 Å². The first-order chi connectivity index (χ1) is 11.2. The van der Waals surface area contributed by atoms with Crippen LogP contribution in [0.5, 0.6) is 0 Å². The van der Waals surface area contributed by atoms with Crippen LogP contribution in [0.4, 0.5) is 0 Å². The number of fused-ring (bicyclic) bond motifs is 1. The standard InChI is InChI=1S/C17H21N3OS2/c1-11-15(23-16(19-11)14-3-2-8-22-14)17(21)20-6-4-12-9-18-10-13(12)5-7-20/h2-3,8,12-13,18H,4-7,9-10H2,1H3/t12-,13+. The second kappa shape index (κ2) is 6.34. The predicted octanol–water partition coefficient (Wildman–Crippen LogP) is 3.25. The topological polar surface area (TPSA) is 45.2 Å². The molecule has 4 rings (SSSR count). The van der Waals surface area contributed by atoms with Gasteiger partial charge in [-0.1, -0.05) is 6.07 Å². The van der Waals surface area contributed by atoms with E-state index in [9.17, 15) is 4.79 Å². The zero-order chi connectivity index (χ0) is 15.8. The third-order valence-electron chi connectivity index (χ3n) is 5.03. The molecule has 1 N–H and O–H groups in total. The van der Waals surface area contributed by atoms with E-state index in [0.29, 0.717) is 0 Å². The SMILES string of the molecule is Cc1nc(-c2cccs2)sc1C(=O)N1CC[C@@H]2CNC[C@@H]2CC1. The number of amides is 1.